The summed E-state index contributed by atoms with van der Waals surface area (Å²) in [5.74, 6) is -0.284. The van der Waals surface area contributed by atoms with E-state index in [4.69, 9.17) is 14.2 Å². The maximum atomic E-state index is 12.1. The maximum absolute atomic E-state index is 12.1. The summed E-state index contributed by atoms with van der Waals surface area (Å²) in [6.07, 6.45) is -0.306. The molecule has 0 aromatic heterocycles. The van der Waals surface area contributed by atoms with E-state index in [0.717, 1.165) is 10.6 Å². The van der Waals surface area contributed by atoms with Gasteiger partial charge in [-0.25, -0.2) is 9.69 Å². The smallest absolute Gasteiger partial charge is 0.417 e. The topological polar surface area (TPSA) is 77.4 Å². The fraction of sp³-hybridized carbons (Fsp3) is 0.812. The molecular formula is C16H28N2O5. The minimum absolute atomic E-state index is 0.129. The Morgan fingerprint density at radius 3 is 2.35 bits per heavy atom. The van der Waals surface area contributed by atoms with E-state index in [9.17, 15) is 9.59 Å². The van der Waals surface area contributed by atoms with Gasteiger partial charge in [-0.1, -0.05) is 0 Å². The largest absolute Gasteiger partial charge is 0.443 e. The molecule has 7 nitrogen and oxygen atoms in total. The van der Waals surface area contributed by atoms with E-state index < -0.39 is 18.0 Å². The van der Waals surface area contributed by atoms with Crippen molar-refractivity contribution in [2.45, 2.75) is 59.4 Å². The Kier molecular flexibility index (Phi) is 7.64. The first-order valence-corrected chi connectivity index (χ1v) is 8.05. The zero-order chi connectivity index (χ0) is 17.5. The number of rotatable bonds is 6. The van der Waals surface area contributed by atoms with E-state index in [0.29, 0.717) is 32.7 Å². The summed E-state index contributed by atoms with van der Waals surface area (Å²) in [5, 5.41) is 0. The summed E-state index contributed by atoms with van der Waals surface area (Å²) in [6, 6.07) is 0. The zero-order valence-electron chi connectivity index (χ0n) is 14.8. The molecule has 0 aliphatic carbocycles. The number of ether oxygens (including phenoxy) is 3. The molecule has 1 heterocycles. The quantitative estimate of drug-likeness (QED) is 0.700. The van der Waals surface area contributed by atoms with E-state index in [2.05, 4.69) is 4.99 Å². The molecule has 0 saturated carbocycles. The lowest BCUT2D eigenvalue weighted by molar-refractivity contribution is -0.130. The van der Waals surface area contributed by atoms with Crippen LogP contribution in [0.25, 0.3) is 0 Å². The number of hydrogen-bond donors (Lipinski definition) is 0. The standard InChI is InChI=1S/C16H28N2O5/c1-6-21-14(22-7-2)11-17-12-8-9-18(13(19)10-12)15(20)23-16(3,4)5/h14H,6-11H2,1-5H3. The lowest BCUT2D eigenvalue weighted by Crippen LogP contribution is -2.45. The van der Waals surface area contributed by atoms with Gasteiger partial charge in [0.1, 0.15) is 5.60 Å². The van der Waals surface area contributed by atoms with Crippen molar-refractivity contribution in [3.63, 3.8) is 0 Å². The van der Waals surface area contributed by atoms with E-state index in [1.165, 1.54) is 0 Å². The molecule has 0 N–H and O–H groups in total. The molecule has 1 aliphatic rings. The molecule has 0 unspecified atom stereocenters. The summed E-state index contributed by atoms with van der Waals surface area (Å²) >= 11 is 0. The van der Waals surface area contributed by atoms with Crippen molar-refractivity contribution in [2.75, 3.05) is 26.3 Å². The van der Waals surface area contributed by atoms with Gasteiger partial charge in [0, 0.05) is 31.9 Å². The normalized spacial score (nSPS) is 17.9. The average Bonchev–Trinajstić information content (AvgIpc) is 2.43. The second-order valence-electron chi connectivity index (χ2n) is 6.20. The molecule has 132 valence electrons. The number of nitrogens with zero attached hydrogens (tertiary/aromatic N) is 2. The van der Waals surface area contributed by atoms with Crippen molar-refractivity contribution in [3.8, 4) is 0 Å². The van der Waals surface area contributed by atoms with Gasteiger partial charge in [-0.15, -0.1) is 0 Å². The van der Waals surface area contributed by atoms with Crippen LogP contribution in [0.4, 0.5) is 4.79 Å². The fourth-order valence-corrected chi connectivity index (χ4v) is 2.10. The Labute approximate surface area is 138 Å². The van der Waals surface area contributed by atoms with Crippen LogP contribution in [0, 0.1) is 0 Å². The third-order valence-electron chi connectivity index (χ3n) is 3.06. The molecule has 1 aliphatic heterocycles. The first kappa shape index (κ1) is 19.6. The van der Waals surface area contributed by atoms with Crippen molar-refractivity contribution in [1.29, 1.82) is 0 Å². The van der Waals surface area contributed by atoms with Crippen molar-refractivity contribution >= 4 is 17.7 Å². The van der Waals surface area contributed by atoms with Crippen molar-refractivity contribution < 1.29 is 23.8 Å². The highest BCUT2D eigenvalue weighted by molar-refractivity contribution is 6.07. The van der Waals surface area contributed by atoms with E-state index in [1.807, 2.05) is 13.8 Å². The van der Waals surface area contributed by atoms with Crippen LogP contribution in [0.2, 0.25) is 0 Å². The van der Waals surface area contributed by atoms with Gasteiger partial charge in [0.05, 0.1) is 13.0 Å². The molecule has 2 amide bonds. The highest BCUT2D eigenvalue weighted by atomic mass is 16.7. The second-order valence-corrected chi connectivity index (χ2v) is 6.20. The zero-order valence-corrected chi connectivity index (χ0v) is 14.8. The van der Waals surface area contributed by atoms with Gasteiger partial charge < -0.3 is 14.2 Å². The molecule has 0 aromatic carbocycles. The van der Waals surface area contributed by atoms with Gasteiger partial charge >= 0.3 is 6.09 Å². The first-order chi connectivity index (χ1) is 10.8. The van der Waals surface area contributed by atoms with Crippen LogP contribution in [-0.4, -0.2) is 60.8 Å². The summed E-state index contributed by atoms with van der Waals surface area (Å²) in [4.78, 5) is 29.6. The van der Waals surface area contributed by atoms with E-state index in [1.54, 1.807) is 20.8 Å². The Hall–Kier alpha value is -1.47. The molecule has 0 bridgehead atoms. The van der Waals surface area contributed by atoms with Crippen molar-refractivity contribution in [2.24, 2.45) is 4.99 Å². The molecular weight excluding hydrogens is 300 g/mol. The number of carbonyl (C=O) groups is 2. The third kappa shape index (κ3) is 7.09. The van der Waals surface area contributed by atoms with Crippen LogP contribution in [0.15, 0.2) is 4.99 Å². The van der Waals surface area contributed by atoms with Gasteiger partial charge in [-0.2, -0.15) is 0 Å². The molecule has 0 radical (unpaired) electrons. The van der Waals surface area contributed by atoms with Crippen LogP contribution in [-0.2, 0) is 19.0 Å². The molecule has 1 saturated heterocycles. The van der Waals surface area contributed by atoms with Gasteiger partial charge in [0.2, 0.25) is 5.91 Å². The average molecular weight is 328 g/mol. The first-order valence-electron chi connectivity index (χ1n) is 8.05. The monoisotopic (exact) mass is 328 g/mol. The number of aliphatic imine (C=N–C) groups is 1. The summed E-state index contributed by atoms with van der Waals surface area (Å²) in [5.41, 5.74) is 0.146. The van der Waals surface area contributed by atoms with Gasteiger partial charge in [0.25, 0.3) is 0 Å². The number of likely N-dealkylation sites (tertiary alicyclic amines) is 1. The number of piperidine rings is 1. The highest BCUT2D eigenvalue weighted by Crippen LogP contribution is 2.15. The second kappa shape index (κ2) is 8.98. The van der Waals surface area contributed by atoms with Gasteiger partial charge in [-0.05, 0) is 34.6 Å². The molecule has 0 spiro atoms. The molecule has 1 fully saturated rings. The number of amides is 2. The summed E-state index contributed by atoms with van der Waals surface area (Å²) < 4.78 is 16.1. The Morgan fingerprint density at radius 2 is 1.87 bits per heavy atom. The third-order valence-corrected chi connectivity index (χ3v) is 3.06. The Balaban J connectivity index is 2.55. The Morgan fingerprint density at radius 1 is 1.26 bits per heavy atom. The molecule has 23 heavy (non-hydrogen) atoms. The molecule has 0 aromatic rings. The van der Waals surface area contributed by atoms with Crippen molar-refractivity contribution in [1.82, 2.24) is 4.90 Å². The van der Waals surface area contributed by atoms with E-state index in [-0.39, 0.29) is 12.3 Å². The fourth-order valence-electron chi connectivity index (χ4n) is 2.10. The Bertz CT molecular complexity index is 436. The van der Waals surface area contributed by atoms with Gasteiger partial charge in [-0.3, -0.25) is 9.79 Å². The number of imide groups is 1. The van der Waals surface area contributed by atoms with Crippen LogP contribution in [0.1, 0.15) is 47.5 Å². The maximum Gasteiger partial charge on any atom is 0.417 e. The SMILES string of the molecule is CCOC(CN=C1CCN(C(=O)OC(C)(C)C)C(=O)C1)OCC. The van der Waals surface area contributed by atoms with Crippen LogP contribution >= 0.6 is 0 Å². The molecule has 1 rings (SSSR count). The number of hydrogen-bond acceptors (Lipinski definition) is 6. The highest BCUT2D eigenvalue weighted by Gasteiger charge is 2.31. The summed E-state index contributed by atoms with van der Waals surface area (Å²) in [7, 11) is 0. The van der Waals surface area contributed by atoms with E-state index >= 15 is 0 Å². The molecule has 0 atom stereocenters. The van der Waals surface area contributed by atoms with Crippen LogP contribution < -0.4 is 0 Å². The van der Waals surface area contributed by atoms with Gasteiger partial charge in [0.15, 0.2) is 6.29 Å². The predicted octanol–water partition coefficient (Wildman–Crippen LogP) is 2.38. The van der Waals surface area contributed by atoms with Crippen LogP contribution in [0.3, 0.4) is 0 Å². The lowest BCUT2D eigenvalue weighted by atomic mass is 10.1. The summed E-state index contributed by atoms with van der Waals surface area (Å²) in [6.45, 7) is 10.8. The minimum atomic E-state index is -0.617. The lowest BCUT2D eigenvalue weighted by Gasteiger charge is -2.29. The van der Waals surface area contributed by atoms with Crippen LogP contribution in [0.5, 0.6) is 0 Å². The minimum Gasteiger partial charge on any atom is -0.443 e. The predicted molar refractivity (Wildman–Crippen MR) is 86.5 cm³/mol. The number of carbonyl (C=O) groups excluding carboxylic acids is 2. The molecule has 7 heteroatoms. The van der Waals surface area contributed by atoms with Crippen molar-refractivity contribution in [3.05, 3.63) is 0 Å².